The van der Waals surface area contributed by atoms with Gasteiger partial charge in [-0.25, -0.2) is 9.18 Å². The van der Waals surface area contributed by atoms with Crippen LogP contribution in [-0.2, 0) is 4.79 Å². The van der Waals surface area contributed by atoms with E-state index in [0.29, 0.717) is 16.5 Å². The van der Waals surface area contributed by atoms with Gasteiger partial charge in [-0.1, -0.05) is 0 Å². The van der Waals surface area contributed by atoms with Gasteiger partial charge in [0.05, 0.1) is 5.52 Å². The molecule has 0 radical (unpaired) electrons. The Balaban J connectivity index is 2.60. The lowest BCUT2D eigenvalue weighted by Gasteiger charge is -2.00. The predicted octanol–water partition coefficient (Wildman–Crippen LogP) is 2.47. The lowest BCUT2D eigenvalue weighted by atomic mass is 10.1. The van der Waals surface area contributed by atoms with Gasteiger partial charge in [0.1, 0.15) is 5.82 Å². The van der Waals surface area contributed by atoms with E-state index in [4.69, 9.17) is 5.11 Å². The number of rotatable bonds is 2. The van der Waals surface area contributed by atoms with Crippen LogP contribution < -0.4 is 0 Å². The predicted molar refractivity (Wildman–Crippen MR) is 58.4 cm³/mol. The average molecular weight is 217 g/mol. The van der Waals surface area contributed by atoms with E-state index in [2.05, 4.69) is 4.98 Å². The quantitative estimate of drug-likeness (QED) is 0.786. The van der Waals surface area contributed by atoms with Crippen LogP contribution in [0, 0.1) is 5.82 Å². The van der Waals surface area contributed by atoms with Crippen molar-refractivity contribution >= 4 is 22.9 Å². The zero-order chi connectivity index (χ0) is 11.5. The number of nitrogens with zero attached hydrogens (tertiary/aromatic N) is 1. The maximum Gasteiger partial charge on any atom is 0.328 e. The number of carboxylic acid groups (broad SMARTS) is 1. The fourth-order valence-electron chi connectivity index (χ4n) is 1.45. The minimum atomic E-state index is -1.04. The molecular weight excluding hydrogens is 209 g/mol. The normalized spacial score (nSPS) is 11.1. The van der Waals surface area contributed by atoms with Gasteiger partial charge in [-0.15, -0.1) is 0 Å². The van der Waals surface area contributed by atoms with Gasteiger partial charge < -0.3 is 5.11 Å². The highest BCUT2D eigenvalue weighted by Crippen LogP contribution is 2.18. The topological polar surface area (TPSA) is 50.2 Å². The third kappa shape index (κ3) is 2.06. The third-order valence-electron chi connectivity index (χ3n) is 2.14. The van der Waals surface area contributed by atoms with Crippen molar-refractivity contribution in [1.29, 1.82) is 0 Å². The molecule has 0 atom stereocenters. The molecule has 0 aliphatic carbocycles. The molecule has 4 heteroatoms. The van der Waals surface area contributed by atoms with Gasteiger partial charge >= 0.3 is 5.97 Å². The van der Waals surface area contributed by atoms with E-state index in [1.165, 1.54) is 18.2 Å². The summed E-state index contributed by atoms with van der Waals surface area (Å²) in [5, 5.41) is 9.12. The van der Waals surface area contributed by atoms with E-state index in [9.17, 15) is 9.18 Å². The van der Waals surface area contributed by atoms with Gasteiger partial charge in [-0.05, 0) is 35.9 Å². The van der Waals surface area contributed by atoms with Crippen molar-refractivity contribution in [2.75, 3.05) is 0 Å². The standard InChI is InChI=1S/C12H8FNO2/c13-9-2-3-11-10(7-9)8(5-6-14-11)1-4-12(15)16/h1-7H,(H,15,16)/b4-1+. The summed E-state index contributed by atoms with van der Waals surface area (Å²) in [6.07, 6.45) is 3.99. The highest BCUT2D eigenvalue weighted by molar-refractivity contribution is 5.92. The molecule has 0 saturated heterocycles. The number of aromatic nitrogens is 1. The number of carbonyl (C=O) groups is 1. The third-order valence-corrected chi connectivity index (χ3v) is 2.14. The number of aliphatic carboxylic acids is 1. The summed E-state index contributed by atoms with van der Waals surface area (Å²) in [6.45, 7) is 0. The van der Waals surface area contributed by atoms with Crippen molar-refractivity contribution < 1.29 is 14.3 Å². The average Bonchev–Trinajstić information content (AvgIpc) is 2.26. The first-order valence-electron chi connectivity index (χ1n) is 4.62. The molecular formula is C12H8FNO2. The van der Waals surface area contributed by atoms with Crippen LogP contribution in [-0.4, -0.2) is 16.1 Å². The zero-order valence-electron chi connectivity index (χ0n) is 8.22. The Morgan fingerprint density at radius 2 is 2.19 bits per heavy atom. The molecule has 1 N–H and O–H groups in total. The number of hydrogen-bond acceptors (Lipinski definition) is 2. The minimum absolute atomic E-state index is 0.370. The zero-order valence-corrected chi connectivity index (χ0v) is 8.22. The van der Waals surface area contributed by atoms with Crippen molar-refractivity contribution in [1.82, 2.24) is 4.98 Å². The van der Waals surface area contributed by atoms with Gasteiger partial charge in [0.2, 0.25) is 0 Å². The lowest BCUT2D eigenvalue weighted by molar-refractivity contribution is -0.131. The summed E-state index contributed by atoms with van der Waals surface area (Å²) in [4.78, 5) is 14.5. The highest BCUT2D eigenvalue weighted by atomic mass is 19.1. The highest BCUT2D eigenvalue weighted by Gasteiger charge is 2.01. The summed E-state index contributed by atoms with van der Waals surface area (Å²) in [5.74, 6) is -1.41. The first kappa shape index (κ1) is 10.3. The number of fused-ring (bicyclic) bond motifs is 1. The number of halogens is 1. The second kappa shape index (κ2) is 4.10. The van der Waals surface area contributed by atoms with Gasteiger partial charge in [0, 0.05) is 17.7 Å². The molecule has 0 saturated carbocycles. The van der Waals surface area contributed by atoms with Crippen LogP contribution in [0.5, 0.6) is 0 Å². The number of pyridine rings is 1. The summed E-state index contributed by atoms with van der Waals surface area (Å²) in [7, 11) is 0. The summed E-state index contributed by atoms with van der Waals surface area (Å²) in [6, 6.07) is 5.86. The van der Waals surface area contributed by atoms with Crippen LogP contribution in [0.1, 0.15) is 5.56 Å². The van der Waals surface area contributed by atoms with Crippen LogP contribution in [0.25, 0.3) is 17.0 Å². The van der Waals surface area contributed by atoms with E-state index in [-0.39, 0.29) is 5.82 Å². The van der Waals surface area contributed by atoms with Crippen molar-refractivity contribution in [2.45, 2.75) is 0 Å². The van der Waals surface area contributed by atoms with E-state index < -0.39 is 5.97 Å². The molecule has 0 aliphatic rings. The van der Waals surface area contributed by atoms with E-state index in [0.717, 1.165) is 6.08 Å². The molecule has 1 aromatic carbocycles. The molecule has 0 aliphatic heterocycles. The van der Waals surface area contributed by atoms with Crippen LogP contribution >= 0.6 is 0 Å². The molecule has 3 nitrogen and oxygen atoms in total. The van der Waals surface area contributed by atoms with Crippen molar-refractivity contribution in [3.63, 3.8) is 0 Å². The molecule has 16 heavy (non-hydrogen) atoms. The van der Waals surface area contributed by atoms with Crippen molar-refractivity contribution in [2.24, 2.45) is 0 Å². The molecule has 2 aromatic rings. The molecule has 0 amide bonds. The monoisotopic (exact) mass is 217 g/mol. The van der Waals surface area contributed by atoms with Gasteiger partial charge in [-0.3, -0.25) is 4.98 Å². The first-order chi connectivity index (χ1) is 7.66. The van der Waals surface area contributed by atoms with Crippen molar-refractivity contribution in [3.05, 3.63) is 47.9 Å². The molecule has 0 bridgehead atoms. The maximum absolute atomic E-state index is 13.0. The smallest absolute Gasteiger partial charge is 0.328 e. The Bertz CT molecular complexity index is 578. The Morgan fingerprint density at radius 3 is 2.94 bits per heavy atom. The Hall–Kier alpha value is -2.23. The van der Waals surface area contributed by atoms with E-state index in [1.54, 1.807) is 18.3 Å². The lowest BCUT2D eigenvalue weighted by Crippen LogP contribution is -1.88. The SMILES string of the molecule is O=C(O)/C=C/c1ccnc2ccc(F)cc12. The molecule has 1 heterocycles. The van der Waals surface area contributed by atoms with Crippen LogP contribution in [0.2, 0.25) is 0 Å². The summed E-state index contributed by atoms with van der Waals surface area (Å²) in [5.41, 5.74) is 1.26. The molecule has 0 unspecified atom stereocenters. The van der Waals surface area contributed by atoms with E-state index >= 15 is 0 Å². The maximum atomic E-state index is 13.0. The molecule has 0 spiro atoms. The van der Waals surface area contributed by atoms with Crippen LogP contribution in [0.4, 0.5) is 4.39 Å². The Labute approximate surface area is 90.9 Å². The van der Waals surface area contributed by atoms with Gasteiger partial charge in [0.15, 0.2) is 0 Å². The van der Waals surface area contributed by atoms with Crippen LogP contribution in [0.3, 0.4) is 0 Å². The van der Waals surface area contributed by atoms with Crippen LogP contribution in [0.15, 0.2) is 36.5 Å². The number of hydrogen-bond donors (Lipinski definition) is 1. The first-order valence-corrected chi connectivity index (χ1v) is 4.62. The molecule has 1 aromatic heterocycles. The summed E-state index contributed by atoms with van der Waals surface area (Å²) < 4.78 is 13.0. The molecule has 2 rings (SSSR count). The fraction of sp³-hybridized carbons (Fsp3) is 0. The minimum Gasteiger partial charge on any atom is -0.478 e. The largest absolute Gasteiger partial charge is 0.478 e. The molecule has 80 valence electrons. The van der Waals surface area contributed by atoms with E-state index in [1.807, 2.05) is 0 Å². The van der Waals surface area contributed by atoms with Gasteiger partial charge in [-0.2, -0.15) is 0 Å². The number of carboxylic acids is 1. The Kier molecular flexibility index (Phi) is 2.64. The second-order valence-electron chi connectivity index (χ2n) is 3.23. The summed E-state index contributed by atoms with van der Waals surface area (Å²) >= 11 is 0. The molecule has 0 fully saturated rings. The van der Waals surface area contributed by atoms with Crippen molar-refractivity contribution in [3.8, 4) is 0 Å². The Morgan fingerprint density at radius 1 is 1.38 bits per heavy atom. The second-order valence-corrected chi connectivity index (χ2v) is 3.23. The fourth-order valence-corrected chi connectivity index (χ4v) is 1.45. The van der Waals surface area contributed by atoms with Gasteiger partial charge in [0.25, 0.3) is 0 Å². The number of benzene rings is 1.